The summed E-state index contributed by atoms with van der Waals surface area (Å²) in [6.45, 7) is 0.458. The minimum Gasteiger partial charge on any atom is -0.497 e. The molecule has 1 N–H and O–H groups in total. The monoisotopic (exact) mass is 359 g/mol. The molecule has 22 heavy (non-hydrogen) atoms. The van der Waals surface area contributed by atoms with Crippen LogP contribution in [0.25, 0.3) is 11.5 Å². The summed E-state index contributed by atoms with van der Waals surface area (Å²) in [5.41, 5.74) is 1.81. The lowest BCUT2D eigenvalue weighted by Gasteiger charge is -2.05. The number of ether oxygens (including phenoxy) is 1. The third kappa shape index (κ3) is 3.28. The zero-order chi connectivity index (χ0) is 15.4. The zero-order valence-electron chi connectivity index (χ0n) is 11.9. The van der Waals surface area contributed by atoms with Gasteiger partial charge in [0.25, 0.3) is 0 Å². The first-order valence-electron chi connectivity index (χ1n) is 6.71. The van der Waals surface area contributed by atoms with Crippen molar-refractivity contribution >= 4 is 21.6 Å². The second-order valence-electron chi connectivity index (χ2n) is 4.57. The summed E-state index contributed by atoms with van der Waals surface area (Å²) in [6, 6.07) is 15.4. The fraction of sp³-hybridized carbons (Fsp3) is 0.125. The minimum atomic E-state index is 0.458. The Morgan fingerprint density at radius 1 is 1.14 bits per heavy atom. The van der Waals surface area contributed by atoms with E-state index in [0.29, 0.717) is 18.3 Å². The molecule has 3 rings (SSSR count). The van der Waals surface area contributed by atoms with Crippen molar-refractivity contribution in [1.82, 2.24) is 10.2 Å². The highest BCUT2D eigenvalue weighted by atomic mass is 79.9. The molecule has 112 valence electrons. The van der Waals surface area contributed by atoms with Crippen molar-refractivity contribution in [2.45, 2.75) is 6.54 Å². The largest absolute Gasteiger partial charge is 0.497 e. The third-order valence-electron chi connectivity index (χ3n) is 3.09. The Bertz CT molecular complexity index is 773. The van der Waals surface area contributed by atoms with E-state index in [1.165, 1.54) is 0 Å². The van der Waals surface area contributed by atoms with Crippen LogP contribution in [-0.2, 0) is 6.54 Å². The molecular weight excluding hydrogens is 346 g/mol. The second kappa shape index (κ2) is 6.62. The standard InChI is InChI=1S/C16H14BrN3O2/c1-21-12-6-4-5-11(9-12)16-20-19-15(22-16)10-18-14-8-3-2-7-13(14)17/h2-9,18H,10H2,1H3. The molecule has 0 radical (unpaired) electrons. The van der Waals surface area contributed by atoms with E-state index in [0.717, 1.165) is 21.5 Å². The summed E-state index contributed by atoms with van der Waals surface area (Å²) in [7, 11) is 1.62. The van der Waals surface area contributed by atoms with E-state index < -0.39 is 0 Å². The number of para-hydroxylation sites is 1. The number of nitrogens with zero attached hydrogens (tertiary/aromatic N) is 2. The van der Waals surface area contributed by atoms with E-state index in [-0.39, 0.29) is 0 Å². The van der Waals surface area contributed by atoms with Crippen LogP contribution in [0.5, 0.6) is 5.75 Å². The third-order valence-corrected chi connectivity index (χ3v) is 3.78. The number of rotatable bonds is 5. The van der Waals surface area contributed by atoms with Gasteiger partial charge in [-0.1, -0.05) is 18.2 Å². The highest BCUT2D eigenvalue weighted by Gasteiger charge is 2.09. The second-order valence-corrected chi connectivity index (χ2v) is 5.42. The molecule has 1 heterocycles. The fourth-order valence-corrected chi connectivity index (χ4v) is 2.40. The van der Waals surface area contributed by atoms with Gasteiger partial charge in [0.2, 0.25) is 11.8 Å². The van der Waals surface area contributed by atoms with Crippen LogP contribution in [-0.4, -0.2) is 17.3 Å². The van der Waals surface area contributed by atoms with E-state index in [9.17, 15) is 0 Å². The number of hydrogen-bond acceptors (Lipinski definition) is 5. The average molecular weight is 360 g/mol. The van der Waals surface area contributed by atoms with Crippen LogP contribution in [0.15, 0.2) is 57.4 Å². The van der Waals surface area contributed by atoms with Crippen molar-refractivity contribution in [3.8, 4) is 17.2 Å². The summed E-state index contributed by atoms with van der Waals surface area (Å²) in [5.74, 6) is 1.75. The Hall–Kier alpha value is -2.34. The molecule has 2 aromatic carbocycles. The van der Waals surface area contributed by atoms with Gasteiger partial charge in [0.1, 0.15) is 5.75 Å². The first-order chi connectivity index (χ1) is 10.8. The molecule has 0 saturated carbocycles. The molecule has 0 unspecified atom stereocenters. The number of aromatic nitrogens is 2. The molecular formula is C16H14BrN3O2. The van der Waals surface area contributed by atoms with Gasteiger partial charge < -0.3 is 14.5 Å². The quantitative estimate of drug-likeness (QED) is 0.742. The number of benzene rings is 2. The summed E-state index contributed by atoms with van der Waals surface area (Å²) in [5, 5.41) is 11.4. The van der Waals surface area contributed by atoms with Crippen LogP contribution in [0.3, 0.4) is 0 Å². The Kier molecular flexibility index (Phi) is 4.39. The molecule has 0 aliphatic heterocycles. The number of hydrogen-bond donors (Lipinski definition) is 1. The maximum Gasteiger partial charge on any atom is 0.247 e. The van der Waals surface area contributed by atoms with Gasteiger partial charge in [-0.05, 0) is 46.3 Å². The first-order valence-corrected chi connectivity index (χ1v) is 7.51. The maximum absolute atomic E-state index is 5.68. The van der Waals surface area contributed by atoms with Crippen LogP contribution < -0.4 is 10.1 Å². The normalized spacial score (nSPS) is 10.5. The van der Waals surface area contributed by atoms with Crippen molar-refractivity contribution in [2.24, 2.45) is 0 Å². The van der Waals surface area contributed by atoms with E-state index in [1.54, 1.807) is 7.11 Å². The van der Waals surface area contributed by atoms with Gasteiger partial charge in [0.05, 0.1) is 13.7 Å². The van der Waals surface area contributed by atoms with Crippen molar-refractivity contribution in [3.05, 3.63) is 58.9 Å². The highest BCUT2D eigenvalue weighted by Crippen LogP contribution is 2.24. The molecule has 0 aliphatic carbocycles. The molecule has 1 aromatic heterocycles. The summed E-state index contributed by atoms with van der Waals surface area (Å²) >= 11 is 3.48. The topological polar surface area (TPSA) is 60.2 Å². The van der Waals surface area contributed by atoms with Gasteiger partial charge in [0.15, 0.2) is 0 Å². The summed E-state index contributed by atoms with van der Waals surface area (Å²) in [4.78, 5) is 0. The van der Waals surface area contributed by atoms with Crippen molar-refractivity contribution in [3.63, 3.8) is 0 Å². The van der Waals surface area contributed by atoms with E-state index in [1.807, 2.05) is 48.5 Å². The minimum absolute atomic E-state index is 0.458. The van der Waals surface area contributed by atoms with E-state index in [4.69, 9.17) is 9.15 Å². The number of nitrogens with one attached hydrogen (secondary N) is 1. The lowest BCUT2D eigenvalue weighted by Crippen LogP contribution is -2.00. The zero-order valence-corrected chi connectivity index (χ0v) is 13.5. The number of methoxy groups -OCH3 is 1. The van der Waals surface area contributed by atoms with E-state index >= 15 is 0 Å². The van der Waals surface area contributed by atoms with Crippen LogP contribution in [0.2, 0.25) is 0 Å². The molecule has 6 heteroatoms. The Morgan fingerprint density at radius 3 is 2.82 bits per heavy atom. The lowest BCUT2D eigenvalue weighted by molar-refractivity contribution is 0.414. The smallest absolute Gasteiger partial charge is 0.247 e. The fourth-order valence-electron chi connectivity index (χ4n) is 1.97. The predicted octanol–water partition coefficient (Wildman–Crippen LogP) is 4.12. The molecule has 0 bridgehead atoms. The van der Waals surface area contributed by atoms with Crippen LogP contribution in [0.4, 0.5) is 5.69 Å². The van der Waals surface area contributed by atoms with Gasteiger partial charge in [-0.25, -0.2) is 0 Å². The molecule has 5 nitrogen and oxygen atoms in total. The predicted molar refractivity (Wildman–Crippen MR) is 87.8 cm³/mol. The van der Waals surface area contributed by atoms with Gasteiger partial charge in [0, 0.05) is 15.7 Å². The molecule has 0 atom stereocenters. The number of anilines is 1. The molecule has 0 saturated heterocycles. The van der Waals surface area contributed by atoms with Gasteiger partial charge >= 0.3 is 0 Å². The Balaban J connectivity index is 1.72. The molecule has 0 fully saturated rings. The summed E-state index contributed by atoms with van der Waals surface area (Å²) < 4.78 is 11.9. The van der Waals surface area contributed by atoms with Crippen molar-refractivity contribution in [1.29, 1.82) is 0 Å². The van der Waals surface area contributed by atoms with Crippen LogP contribution in [0, 0.1) is 0 Å². The van der Waals surface area contributed by atoms with Gasteiger partial charge in [-0.15, -0.1) is 10.2 Å². The maximum atomic E-state index is 5.68. The lowest BCUT2D eigenvalue weighted by atomic mass is 10.2. The molecule has 0 aliphatic rings. The SMILES string of the molecule is COc1cccc(-c2nnc(CNc3ccccc3Br)o2)c1. The first kappa shape index (κ1) is 14.6. The Labute approximate surface area is 136 Å². The molecule has 3 aromatic rings. The molecule has 0 spiro atoms. The average Bonchev–Trinajstić information content (AvgIpc) is 3.03. The van der Waals surface area contributed by atoms with Crippen molar-refractivity contribution in [2.75, 3.05) is 12.4 Å². The van der Waals surface area contributed by atoms with Gasteiger partial charge in [-0.3, -0.25) is 0 Å². The van der Waals surface area contributed by atoms with Crippen LogP contribution in [0.1, 0.15) is 5.89 Å². The van der Waals surface area contributed by atoms with E-state index in [2.05, 4.69) is 31.4 Å². The van der Waals surface area contributed by atoms with Crippen LogP contribution >= 0.6 is 15.9 Å². The van der Waals surface area contributed by atoms with Crippen molar-refractivity contribution < 1.29 is 9.15 Å². The van der Waals surface area contributed by atoms with Gasteiger partial charge in [-0.2, -0.15) is 0 Å². The Morgan fingerprint density at radius 2 is 2.00 bits per heavy atom. The summed E-state index contributed by atoms with van der Waals surface area (Å²) in [6.07, 6.45) is 0. The number of halogens is 1. The molecule has 0 amide bonds. The highest BCUT2D eigenvalue weighted by molar-refractivity contribution is 9.10.